The lowest BCUT2D eigenvalue weighted by molar-refractivity contribution is 0.102. The number of nitrogens with one attached hydrogen (secondary N) is 2. The van der Waals surface area contributed by atoms with E-state index in [1.165, 1.54) is 0 Å². The average Bonchev–Trinajstić information content (AvgIpc) is 2.59. The van der Waals surface area contributed by atoms with E-state index in [2.05, 4.69) is 36.8 Å². The summed E-state index contributed by atoms with van der Waals surface area (Å²) in [6.45, 7) is 1.89. The zero-order chi connectivity index (χ0) is 16.9. The van der Waals surface area contributed by atoms with Gasteiger partial charge in [-0.1, -0.05) is 30.3 Å². The number of para-hydroxylation sites is 1. The van der Waals surface area contributed by atoms with Gasteiger partial charge in [0.2, 0.25) is 0 Å². The third-order valence-electron chi connectivity index (χ3n) is 3.43. The van der Waals surface area contributed by atoms with Crippen molar-refractivity contribution >= 4 is 39.2 Å². The van der Waals surface area contributed by atoms with Crippen molar-refractivity contribution in [3.8, 4) is 0 Å². The second kappa shape index (κ2) is 7.23. The highest BCUT2D eigenvalue weighted by atomic mass is 79.9. The Morgan fingerprint density at radius 3 is 2.29 bits per heavy atom. The minimum atomic E-state index is -0.200. The van der Waals surface area contributed by atoms with Gasteiger partial charge in [-0.15, -0.1) is 10.2 Å². The van der Waals surface area contributed by atoms with Crippen molar-refractivity contribution in [1.82, 2.24) is 10.2 Å². The number of aromatic nitrogens is 2. The zero-order valence-electron chi connectivity index (χ0n) is 13.0. The molecule has 1 amide bonds. The molecule has 0 unspecified atom stereocenters. The Kier molecular flexibility index (Phi) is 4.86. The van der Waals surface area contributed by atoms with Crippen LogP contribution in [0.5, 0.6) is 0 Å². The fraction of sp³-hybridized carbons (Fsp3) is 0.0556. The van der Waals surface area contributed by atoms with Crippen LogP contribution < -0.4 is 10.6 Å². The molecule has 0 aliphatic carbocycles. The molecule has 0 aliphatic rings. The van der Waals surface area contributed by atoms with E-state index in [0.717, 1.165) is 15.7 Å². The third kappa shape index (κ3) is 3.78. The number of anilines is 3. The van der Waals surface area contributed by atoms with Crippen LogP contribution in [0.1, 0.15) is 15.9 Å². The van der Waals surface area contributed by atoms with Gasteiger partial charge >= 0.3 is 0 Å². The monoisotopic (exact) mass is 382 g/mol. The molecule has 24 heavy (non-hydrogen) atoms. The van der Waals surface area contributed by atoms with Crippen LogP contribution in [-0.2, 0) is 0 Å². The summed E-state index contributed by atoms with van der Waals surface area (Å²) >= 11 is 3.47. The van der Waals surface area contributed by atoms with E-state index in [1.54, 1.807) is 18.2 Å². The van der Waals surface area contributed by atoms with Gasteiger partial charge in [0, 0.05) is 10.0 Å². The molecule has 2 N–H and O–H groups in total. The minimum absolute atomic E-state index is 0.200. The molecule has 0 spiro atoms. The highest BCUT2D eigenvalue weighted by molar-refractivity contribution is 9.10. The van der Waals surface area contributed by atoms with Crippen molar-refractivity contribution in [2.45, 2.75) is 6.92 Å². The summed E-state index contributed by atoms with van der Waals surface area (Å²) in [6, 6.07) is 18.6. The highest BCUT2D eigenvalue weighted by Crippen LogP contribution is 2.24. The molecule has 0 aliphatic heterocycles. The number of carbonyl (C=O) groups excluding carboxylic acids is 1. The van der Waals surface area contributed by atoms with Crippen LogP contribution in [0.4, 0.5) is 17.3 Å². The summed E-state index contributed by atoms with van der Waals surface area (Å²) in [4.78, 5) is 12.3. The van der Waals surface area contributed by atoms with Gasteiger partial charge in [0.1, 0.15) is 0 Å². The number of amides is 1. The average molecular weight is 383 g/mol. The molecule has 0 saturated carbocycles. The number of aryl methyl sites for hydroxylation is 1. The number of hydrogen-bond donors (Lipinski definition) is 2. The normalized spacial score (nSPS) is 10.2. The van der Waals surface area contributed by atoms with Crippen molar-refractivity contribution in [1.29, 1.82) is 0 Å². The number of benzene rings is 2. The van der Waals surface area contributed by atoms with Crippen molar-refractivity contribution in [2.24, 2.45) is 0 Å². The van der Waals surface area contributed by atoms with Crippen molar-refractivity contribution in [3.63, 3.8) is 0 Å². The van der Waals surface area contributed by atoms with Gasteiger partial charge in [0.25, 0.3) is 5.91 Å². The van der Waals surface area contributed by atoms with Crippen LogP contribution in [-0.4, -0.2) is 16.1 Å². The largest absolute Gasteiger partial charge is 0.338 e. The summed E-state index contributed by atoms with van der Waals surface area (Å²) in [5.74, 6) is 0.797. The van der Waals surface area contributed by atoms with E-state index in [1.807, 2.05) is 49.4 Å². The van der Waals surface area contributed by atoms with E-state index in [4.69, 9.17) is 0 Å². The summed E-state index contributed by atoms with van der Waals surface area (Å²) in [7, 11) is 0. The summed E-state index contributed by atoms with van der Waals surface area (Å²) < 4.78 is 0.934. The predicted octanol–water partition coefficient (Wildman–Crippen LogP) is 4.54. The van der Waals surface area contributed by atoms with Gasteiger partial charge in [-0.25, -0.2) is 0 Å². The number of rotatable bonds is 4. The second-order valence-corrected chi connectivity index (χ2v) is 6.03. The third-order valence-corrected chi connectivity index (χ3v) is 4.12. The van der Waals surface area contributed by atoms with Gasteiger partial charge in [0.05, 0.1) is 5.69 Å². The zero-order valence-corrected chi connectivity index (χ0v) is 14.5. The number of carbonyl (C=O) groups is 1. The molecule has 3 rings (SSSR count). The Hall–Kier alpha value is -2.73. The van der Waals surface area contributed by atoms with Crippen molar-refractivity contribution in [3.05, 3.63) is 76.3 Å². The number of nitrogens with zero attached hydrogens (tertiary/aromatic N) is 2. The predicted molar refractivity (Wildman–Crippen MR) is 98.6 cm³/mol. The Morgan fingerprint density at radius 2 is 1.58 bits per heavy atom. The maximum Gasteiger partial charge on any atom is 0.257 e. The quantitative estimate of drug-likeness (QED) is 0.694. The van der Waals surface area contributed by atoms with E-state index >= 15 is 0 Å². The summed E-state index contributed by atoms with van der Waals surface area (Å²) in [5.41, 5.74) is 2.42. The van der Waals surface area contributed by atoms with Crippen molar-refractivity contribution < 1.29 is 4.79 Å². The van der Waals surface area contributed by atoms with E-state index in [0.29, 0.717) is 17.2 Å². The van der Waals surface area contributed by atoms with E-state index in [-0.39, 0.29) is 5.91 Å². The molecule has 1 heterocycles. The molecule has 6 heteroatoms. The molecular formula is C18H15BrN4O. The first kappa shape index (κ1) is 16.1. The Labute approximate surface area is 148 Å². The lowest BCUT2D eigenvalue weighted by atomic mass is 10.1. The first-order valence-corrected chi connectivity index (χ1v) is 8.15. The van der Waals surface area contributed by atoms with Crippen LogP contribution in [0.25, 0.3) is 0 Å². The maximum atomic E-state index is 12.3. The van der Waals surface area contributed by atoms with Crippen LogP contribution in [0, 0.1) is 6.92 Å². The highest BCUT2D eigenvalue weighted by Gasteiger charge is 2.09. The van der Waals surface area contributed by atoms with Gasteiger partial charge in [-0.2, -0.15) is 0 Å². The topological polar surface area (TPSA) is 66.9 Å². The smallest absolute Gasteiger partial charge is 0.257 e. The first-order chi connectivity index (χ1) is 11.6. The molecule has 120 valence electrons. The molecule has 3 aromatic rings. The Morgan fingerprint density at radius 1 is 0.917 bits per heavy atom. The fourth-order valence-corrected chi connectivity index (χ4v) is 2.56. The van der Waals surface area contributed by atoms with Crippen LogP contribution >= 0.6 is 15.9 Å². The lowest BCUT2D eigenvalue weighted by Gasteiger charge is -2.09. The Bertz CT molecular complexity index is 865. The van der Waals surface area contributed by atoms with Crippen LogP contribution in [0.2, 0.25) is 0 Å². The van der Waals surface area contributed by atoms with E-state index in [9.17, 15) is 4.79 Å². The minimum Gasteiger partial charge on any atom is -0.338 e. The molecular weight excluding hydrogens is 368 g/mol. The Balaban J connectivity index is 1.70. The lowest BCUT2D eigenvalue weighted by Crippen LogP contribution is -2.14. The molecule has 0 atom stereocenters. The molecule has 0 fully saturated rings. The summed E-state index contributed by atoms with van der Waals surface area (Å²) in [6.07, 6.45) is 0. The molecule has 0 radical (unpaired) electrons. The van der Waals surface area contributed by atoms with Crippen molar-refractivity contribution in [2.75, 3.05) is 10.6 Å². The number of halogens is 1. The fourth-order valence-electron chi connectivity index (χ4n) is 2.18. The number of hydrogen-bond acceptors (Lipinski definition) is 4. The molecule has 5 nitrogen and oxygen atoms in total. The van der Waals surface area contributed by atoms with E-state index < -0.39 is 0 Å². The summed E-state index contributed by atoms with van der Waals surface area (Å²) in [5, 5.41) is 14.0. The molecule has 1 aromatic heterocycles. The molecule has 0 bridgehead atoms. The van der Waals surface area contributed by atoms with Crippen LogP contribution in [0.3, 0.4) is 0 Å². The second-order valence-electron chi connectivity index (χ2n) is 5.18. The van der Waals surface area contributed by atoms with Gasteiger partial charge < -0.3 is 10.6 Å². The van der Waals surface area contributed by atoms with Gasteiger partial charge in [-0.3, -0.25) is 4.79 Å². The SMILES string of the molecule is Cc1ccccc1C(=O)Nc1ccc(Nc2ccccc2Br)nn1. The van der Waals surface area contributed by atoms with Crippen LogP contribution in [0.15, 0.2) is 65.1 Å². The standard InChI is InChI=1S/C18H15BrN4O/c1-12-6-2-3-7-13(12)18(24)21-17-11-10-16(22-23-17)20-15-9-5-4-8-14(15)19/h2-11H,1H3,(H,20,22)(H,21,23,24). The first-order valence-electron chi connectivity index (χ1n) is 7.36. The molecule has 0 saturated heterocycles. The maximum absolute atomic E-state index is 12.3. The van der Waals surface area contributed by atoms with Gasteiger partial charge in [-0.05, 0) is 58.7 Å². The molecule has 2 aromatic carbocycles. The van der Waals surface area contributed by atoms with Gasteiger partial charge in [0.15, 0.2) is 11.6 Å².